The van der Waals surface area contributed by atoms with Crippen molar-refractivity contribution in [1.29, 1.82) is 0 Å². The number of unbranched alkanes of at least 4 members (excludes halogenated alkanes) is 1. The van der Waals surface area contributed by atoms with E-state index in [1.54, 1.807) is 0 Å². The first-order valence-electron chi connectivity index (χ1n) is 14.2. The molecule has 0 aliphatic heterocycles. The van der Waals surface area contributed by atoms with E-state index in [2.05, 4.69) is 29.6 Å². The Balaban J connectivity index is 1.11. The average Bonchev–Trinajstić information content (AvgIpc) is 3.32. The normalized spacial score (nSPS) is 12.9. The van der Waals surface area contributed by atoms with Gasteiger partial charge in [-0.1, -0.05) is 109 Å². The smallest absolute Gasteiger partial charge is 0.407 e. The van der Waals surface area contributed by atoms with Crippen LogP contribution in [0.15, 0.2) is 109 Å². The number of fused-ring (bicyclic) bond motifs is 3. The zero-order valence-electron chi connectivity index (χ0n) is 23.1. The van der Waals surface area contributed by atoms with Crippen LogP contribution in [-0.4, -0.2) is 41.3 Å². The van der Waals surface area contributed by atoms with Crippen LogP contribution in [-0.2, 0) is 22.6 Å². The molecule has 1 aliphatic carbocycles. The van der Waals surface area contributed by atoms with Gasteiger partial charge in [-0.2, -0.15) is 0 Å². The molecule has 1 amide bonds. The van der Waals surface area contributed by atoms with Crippen LogP contribution < -0.4 is 5.32 Å². The number of nitrogens with zero attached hydrogens (tertiary/aromatic N) is 1. The molecule has 41 heavy (non-hydrogen) atoms. The Hall–Kier alpha value is -4.42. The van der Waals surface area contributed by atoms with Gasteiger partial charge in [0.05, 0.1) is 0 Å². The van der Waals surface area contributed by atoms with Crippen molar-refractivity contribution in [3.8, 4) is 11.1 Å². The van der Waals surface area contributed by atoms with Crippen LogP contribution in [0.4, 0.5) is 4.79 Å². The summed E-state index contributed by atoms with van der Waals surface area (Å²) in [6, 6.07) is 35.8. The summed E-state index contributed by atoms with van der Waals surface area (Å²) in [6.07, 6.45) is 1.37. The number of carboxylic acid groups (broad SMARTS) is 1. The molecule has 4 aromatic carbocycles. The summed E-state index contributed by atoms with van der Waals surface area (Å²) >= 11 is 0. The Kier molecular flexibility index (Phi) is 9.45. The molecule has 0 radical (unpaired) electrons. The second kappa shape index (κ2) is 13.8. The van der Waals surface area contributed by atoms with E-state index in [0.717, 1.165) is 11.1 Å². The van der Waals surface area contributed by atoms with Gasteiger partial charge in [0.25, 0.3) is 0 Å². The Labute approximate surface area is 241 Å². The Morgan fingerprint density at radius 2 is 1.24 bits per heavy atom. The van der Waals surface area contributed by atoms with E-state index in [0.29, 0.717) is 38.9 Å². The number of carbonyl (C=O) groups is 2. The molecular weight excluding hydrogens is 512 g/mol. The summed E-state index contributed by atoms with van der Waals surface area (Å²) in [6.45, 7) is 1.80. The van der Waals surface area contributed by atoms with E-state index in [1.165, 1.54) is 22.3 Å². The fourth-order valence-electron chi connectivity index (χ4n) is 5.68. The SMILES string of the molecule is O=C(NCCCCC(C(=O)O)N(Cc1ccccc1)Cc1ccccc1)OCC1c2ccccc2-c2ccccc21. The van der Waals surface area contributed by atoms with Gasteiger partial charge < -0.3 is 15.2 Å². The second-order valence-electron chi connectivity index (χ2n) is 10.5. The predicted molar refractivity (Wildman–Crippen MR) is 160 cm³/mol. The van der Waals surface area contributed by atoms with Gasteiger partial charge in [-0.3, -0.25) is 9.69 Å². The molecular formula is C35H36N2O4. The van der Waals surface area contributed by atoms with E-state index < -0.39 is 18.1 Å². The standard InChI is InChI=1S/C35H36N2O4/c38-34(39)33(37(23-26-13-3-1-4-14-26)24-27-15-5-2-6-16-27)21-11-12-22-36-35(40)41-25-32-30-19-9-7-17-28(30)29-18-8-10-20-31(29)32/h1-10,13-20,32-33H,11-12,21-25H2,(H,36,40)(H,38,39). The summed E-state index contributed by atoms with van der Waals surface area (Å²) < 4.78 is 5.62. The highest BCUT2D eigenvalue weighted by Gasteiger charge is 2.29. The quantitative estimate of drug-likeness (QED) is 0.179. The highest BCUT2D eigenvalue weighted by Crippen LogP contribution is 2.44. The van der Waals surface area contributed by atoms with Gasteiger partial charge in [-0.15, -0.1) is 0 Å². The monoisotopic (exact) mass is 548 g/mol. The number of rotatable bonds is 13. The fourth-order valence-corrected chi connectivity index (χ4v) is 5.68. The van der Waals surface area contributed by atoms with E-state index in [9.17, 15) is 14.7 Å². The molecule has 5 rings (SSSR count). The largest absolute Gasteiger partial charge is 0.480 e. The molecule has 1 aliphatic rings. The van der Waals surface area contributed by atoms with Crippen molar-refractivity contribution in [2.24, 2.45) is 0 Å². The van der Waals surface area contributed by atoms with Crippen molar-refractivity contribution in [3.63, 3.8) is 0 Å². The molecule has 6 nitrogen and oxygen atoms in total. The first kappa shape index (κ1) is 28.1. The Morgan fingerprint density at radius 1 is 0.732 bits per heavy atom. The summed E-state index contributed by atoms with van der Waals surface area (Å²) in [5, 5.41) is 13.0. The van der Waals surface area contributed by atoms with Gasteiger partial charge in [0.15, 0.2) is 0 Å². The number of carbonyl (C=O) groups excluding carboxylic acids is 1. The topological polar surface area (TPSA) is 78.9 Å². The number of nitrogens with one attached hydrogen (secondary N) is 1. The predicted octanol–water partition coefficient (Wildman–Crippen LogP) is 6.85. The molecule has 0 heterocycles. The van der Waals surface area contributed by atoms with Gasteiger partial charge in [-0.25, -0.2) is 4.79 Å². The highest BCUT2D eigenvalue weighted by molar-refractivity contribution is 5.79. The van der Waals surface area contributed by atoms with Crippen molar-refractivity contribution in [3.05, 3.63) is 131 Å². The van der Waals surface area contributed by atoms with Crippen molar-refractivity contribution < 1.29 is 19.4 Å². The third-order valence-electron chi connectivity index (χ3n) is 7.70. The minimum absolute atomic E-state index is 0.0182. The number of benzene rings is 4. The van der Waals surface area contributed by atoms with Crippen LogP contribution in [0.3, 0.4) is 0 Å². The lowest BCUT2D eigenvalue weighted by atomic mass is 9.98. The summed E-state index contributed by atoms with van der Waals surface area (Å²) in [5.74, 6) is -0.814. The van der Waals surface area contributed by atoms with E-state index in [-0.39, 0.29) is 12.5 Å². The first-order valence-corrected chi connectivity index (χ1v) is 14.2. The minimum atomic E-state index is -0.832. The molecule has 2 N–H and O–H groups in total. The first-order chi connectivity index (χ1) is 20.1. The van der Waals surface area contributed by atoms with E-state index in [4.69, 9.17) is 4.74 Å². The Bertz CT molecular complexity index is 1350. The molecule has 1 atom stereocenters. The third kappa shape index (κ3) is 7.21. The molecule has 0 bridgehead atoms. The molecule has 1 unspecified atom stereocenters. The fraction of sp³-hybridized carbons (Fsp3) is 0.257. The van der Waals surface area contributed by atoms with Gasteiger partial charge in [0.1, 0.15) is 12.6 Å². The maximum Gasteiger partial charge on any atom is 0.407 e. The van der Waals surface area contributed by atoms with Crippen LogP contribution in [0.1, 0.15) is 47.4 Å². The van der Waals surface area contributed by atoms with Crippen molar-refractivity contribution >= 4 is 12.1 Å². The van der Waals surface area contributed by atoms with Crippen LogP contribution >= 0.6 is 0 Å². The summed E-state index contributed by atoms with van der Waals surface area (Å²) in [4.78, 5) is 26.9. The minimum Gasteiger partial charge on any atom is -0.480 e. The van der Waals surface area contributed by atoms with E-state index in [1.807, 2.05) is 89.8 Å². The molecule has 6 heteroatoms. The molecule has 0 spiro atoms. The molecule has 0 saturated heterocycles. The number of aliphatic carboxylic acids is 1. The Morgan fingerprint density at radius 3 is 1.78 bits per heavy atom. The lowest BCUT2D eigenvalue weighted by Crippen LogP contribution is -2.40. The lowest BCUT2D eigenvalue weighted by Gasteiger charge is -2.29. The number of carboxylic acids is 1. The lowest BCUT2D eigenvalue weighted by molar-refractivity contribution is -0.144. The average molecular weight is 549 g/mol. The number of hydrogen-bond donors (Lipinski definition) is 2. The van der Waals surface area contributed by atoms with Crippen molar-refractivity contribution in [2.45, 2.75) is 44.3 Å². The maximum atomic E-state index is 12.5. The number of alkyl carbamates (subject to hydrolysis) is 1. The van der Waals surface area contributed by atoms with Gasteiger partial charge in [0.2, 0.25) is 0 Å². The van der Waals surface area contributed by atoms with Crippen LogP contribution in [0, 0.1) is 0 Å². The van der Waals surface area contributed by atoms with Crippen molar-refractivity contribution in [1.82, 2.24) is 10.2 Å². The van der Waals surface area contributed by atoms with Gasteiger partial charge >= 0.3 is 12.1 Å². The maximum absolute atomic E-state index is 12.5. The number of amides is 1. The molecule has 0 saturated carbocycles. The van der Waals surface area contributed by atoms with E-state index >= 15 is 0 Å². The highest BCUT2D eigenvalue weighted by atomic mass is 16.5. The van der Waals surface area contributed by atoms with Crippen LogP contribution in [0.2, 0.25) is 0 Å². The van der Waals surface area contributed by atoms with Crippen molar-refractivity contribution in [2.75, 3.05) is 13.2 Å². The summed E-state index contributed by atoms with van der Waals surface area (Å²) in [5.41, 5.74) is 6.89. The molecule has 4 aromatic rings. The number of hydrogen-bond acceptors (Lipinski definition) is 4. The van der Waals surface area contributed by atoms with Gasteiger partial charge in [0, 0.05) is 25.6 Å². The van der Waals surface area contributed by atoms with Crippen LogP contribution in [0.5, 0.6) is 0 Å². The zero-order chi connectivity index (χ0) is 28.4. The molecule has 0 fully saturated rings. The second-order valence-corrected chi connectivity index (χ2v) is 10.5. The van der Waals surface area contributed by atoms with Gasteiger partial charge in [-0.05, 0) is 52.6 Å². The molecule has 0 aromatic heterocycles. The third-order valence-corrected chi connectivity index (χ3v) is 7.70. The summed E-state index contributed by atoms with van der Waals surface area (Å²) in [7, 11) is 0. The van der Waals surface area contributed by atoms with Crippen LogP contribution in [0.25, 0.3) is 11.1 Å². The molecule has 210 valence electrons. The number of ether oxygens (including phenoxy) is 1. The zero-order valence-corrected chi connectivity index (χ0v) is 23.1.